The van der Waals surface area contributed by atoms with Crippen molar-refractivity contribution in [2.75, 3.05) is 0 Å². The van der Waals surface area contributed by atoms with E-state index in [1.54, 1.807) is 38.0 Å². The zero-order valence-electron chi connectivity index (χ0n) is 61.3. The van der Waals surface area contributed by atoms with Gasteiger partial charge in [0.25, 0.3) is 16.7 Å². The molecule has 9 nitrogen and oxygen atoms in total. The van der Waals surface area contributed by atoms with Crippen LogP contribution in [0, 0.1) is 69.0 Å². The molecule has 0 saturated heterocycles. The second-order valence-corrected chi connectivity index (χ2v) is 27.6. The molecule has 0 fully saturated rings. The van der Waals surface area contributed by atoms with Crippen molar-refractivity contribution < 1.29 is 4.39 Å². The standard InChI is InChI=1S/C36H32N2O.C31H21ClN2O.C31H21FN2O/c1-25-10-6-7-11-29(25)19-23-34-37-32-13-9-8-12-31(32)35(39)38(34)33-22-18-28(24-26(33)2)15-14-27-16-20-30(21-17-27)36(3,4)5;2*1-22-21-25(12-11-23-7-3-2-4-8-23)15-19-29(22)34-30(20-16-24-13-17-26(32)18-14-24)33-28-10-6-5-9-27(28)31(34)35/h6-13,16-24H,1-5H3;2*2-10,13-21H,1H3/b23-19+;2*20-16+. The minimum atomic E-state index is -0.297. The summed E-state index contributed by atoms with van der Waals surface area (Å²) >= 11 is 6.02. The Bertz CT molecular complexity index is 6160. The number of hydrogen-bond acceptors (Lipinski definition) is 6. The molecule has 0 spiro atoms. The van der Waals surface area contributed by atoms with Crippen molar-refractivity contribution in [3.05, 3.63) is 422 Å². The number of nitrogens with zero attached hydrogens (tertiary/aromatic N) is 6. The second-order valence-electron chi connectivity index (χ2n) is 27.2. The summed E-state index contributed by atoms with van der Waals surface area (Å²) in [4.78, 5) is 55.3. The van der Waals surface area contributed by atoms with Crippen molar-refractivity contribution in [3.8, 4) is 52.6 Å². The van der Waals surface area contributed by atoms with Gasteiger partial charge >= 0.3 is 0 Å². The van der Waals surface area contributed by atoms with Gasteiger partial charge in [-0.25, -0.2) is 19.3 Å². The van der Waals surface area contributed by atoms with Gasteiger partial charge in [-0.2, -0.15) is 0 Å². The number of fused-ring (bicyclic) bond motifs is 3. The highest BCUT2D eigenvalue weighted by Crippen LogP contribution is 2.26. The molecule has 15 rings (SSSR count). The molecule has 0 aliphatic heterocycles. The quantitative estimate of drug-likeness (QED) is 0.133. The van der Waals surface area contributed by atoms with Crippen LogP contribution in [0.2, 0.25) is 5.02 Å². The first kappa shape index (κ1) is 73.5. The third-order valence-corrected chi connectivity index (χ3v) is 18.5. The van der Waals surface area contributed by atoms with Crippen LogP contribution in [0.4, 0.5) is 4.39 Å². The van der Waals surface area contributed by atoms with Gasteiger partial charge in [0.1, 0.15) is 23.3 Å². The first-order valence-electron chi connectivity index (χ1n) is 35.6. The minimum Gasteiger partial charge on any atom is -0.268 e. The van der Waals surface area contributed by atoms with Crippen molar-refractivity contribution in [3.63, 3.8) is 0 Å². The molecule has 0 amide bonds. The fourth-order valence-corrected chi connectivity index (χ4v) is 12.5. The topological polar surface area (TPSA) is 105 Å². The molecule has 0 N–H and O–H groups in total. The van der Waals surface area contributed by atoms with E-state index in [0.29, 0.717) is 55.2 Å². The van der Waals surface area contributed by atoms with Gasteiger partial charge in [0.15, 0.2) is 0 Å². The zero-order chi connectivity index (χ0) is 76.0. The Morgan fingerprint density at radius 2 is 0.651 bits per heavy atom. The van der Waals surface area contributed by atoms with E-state index in [1.807, 2.05) is 270 Å². The Balaban J connectivity index is 0.000000144. The number of para-hydroxylation sites is 3. The first-order chi connectivity index (χ1) is 52.9. The van der Waals surface area contributed by atoms with E-state index in [9.17, 15) is 18.8 Å². The number of hydrogen-bond donors (Lipinski definition) is 0. The molecule has 528 valence electrons. The Kier molecular flexibility index (Phi) is 22.6. The predicted octanol–water partition coefficient (Wildman–Crippen LogP) is 21.2. The highest BCUT2D eigenvalue weighted by molar-refractivity contribution is 6.30. The lowest BCUT2D eigenvalue weighted by atomic mass is 9.87. The summed E-state index contributed by atoms with van der Waals surface area (Å²) in [7, 11) is 0. The Labute approximate surface area is 638 Å². The molecule has 0 saturated carbocycles. The third kappa shape index (κ3) is 17.9. The summed E-state index contributed by atoms with van der Waals surface area (Å²) < 4.78 is 18.3. The molecule has 3 heterocycles. The SMILES string of the molecule is Cc1cc(C#Cc2ccccc2)ccc1-n1c(/C=C/c2ccc(Cl)cc2)nc2ccccc2c1=O.Cc1cc(C#Cc2ccccc2)ccc1-n1c(/C=C/c2ccc(F)cc2)nc2ccccc2c1=O.Cc1ccccc1/C=C/c1nc2ccccc2c(=O)n1-c1ccc(C#Cc2ccc(C(C)(C)C)cc2)cc1C. The highest BCUT2D eigenvalue weighted by atomic mass is 35.5. The average Bonchev–Trinajstić information content (AvgIpc) is 0.778. The maximum atomic E-state index is 13.7. The molecule has 3 aromatic heterocycles. The van der Waals surface area contributed by atoms with E-state index in [2.05, 4.69) is 99.6 Å². The fraction of sp³-hybridized carbons (Fsp3) is 0.0816. The Morgan fingerprint density at radius 3 is 1.03 bits per heavy atom. The van der Waals surface area contributed by atoms with Gasteiger partial charge in [0.05, 0.1) is 49.8 Å². The van der Waals surface area contributed by atoms with Crippen molar-refractivity contribution in [2.45, 2.75) is 53.9 Å². The van der Waals surface area contributed by atoms with Crippen molar-refractivity contribution >= 4 is 80.8 Å². The van der Waals surface area contributed by atoms with E-state index >= 15 is 0 Å². The molecule has 11 heteroatoms. The van der Waals surface area contributed by atoms with E-state index in [1.165, 1.54) is 17.7 Å². The largest absolute Gasteiger partial charge is 0.268 e. The lowest BCUT2D eigenvalue weighted by Crippen LogP contribution is -2.23. The van der Waals surface area contributed by atoms with E-state index < -0.39 is 0 Å². The van der Waals surface area contributed by atoms with Crippen LogP contribution in [-0.2, 0) is 5.41 Å². The van der Waals surface area contributed by atoms with E-state index in [0.717, 1.165) is 89.4 Å². The lowest BCUT2D eigenvalue weighted by Gasteiger charge is -2.18. The normalized spacial score (nSPS) is 11.1. The molecule has 109 heavy (non-hydrogen) atoms. The van der Waals surface area contributed by atoms with Crippen molar-refractivity contribution in [2.24, 2.45) is 0 Å². The average molecular weight is 1440 g/mol. The fourth-order valence-electron chi connectivity index (χ4n) is 12.4. The van der Waals surface area contributed by atoms with Gasteiger partial charge in [-0.1, -0.05) is 220 Å². The predicted molar refractivity (Wildman–Crippen MR) is 448 cm³/mol. The summed E-state index contributed by atoms with van der Waals surface area (Å²) in [5, 5.41) is 2.38. The van der Waals surface area contributed by atoms with Crippen LogP contribution in [0.25, 0.3) is 86.2 Å². The van der Waals surface area contributed by atoms with E-state index in [4.69, 9.17) is 26.6 Å². The summed E-state index contributed by atoms with van der Waals surface area (Å²) in [6.07, 6.45) is 11.3. The molecule has 15 aromatic rings. The smallest absolute Gasteiger partial charge is 0.266 e. The van der Waals surface area contributed by atoms with Crippen LogP contribution in [0.15, 0.2) is 300 Å². The number of rotatable bonds is 9. The molecule has 0 atom stereocenters. The third-order valence-electron chi connectivity index (χ3n) is 18.3. The van der Waals surface area contributed by atoms with Crippen LogP contribution in [-0.4, -0.2) is 28.7 Å². The summed E-state index contributed by atoms with van der Waals surface area (Å²) in [5.74, 6) is 20.6. The van der Waals surface area contributed by atoms with Gasteiger partial charge < -0.3 is 0 Å². The summed E-state index contributed by atoms with van der Waals surface area (Å²) in [6.45, 7) is 14.6. The number of aryl methyl sites for hydroxylation is 4. The molecular weight excluding hydrogens is 1360 g/mol. The lowest BCUT2D eigenvalue weighted by molar-refractivity contribution is 0.590. The van der Waals surface area contributed by atoms with Gasteiger partial charge in [-0.05, 0) is 248 Å². The van der Waals surface area contributed by atoms with Crippen LogP contribution in [0.5, 0.6) is 0 Å². The maximum absolute atomic E-state index is 13.7. The first-order valence-corrected chi connectivity index (χ1v) is 36.0. The molecule has 0 unspecified atom stereocenters. The second kappa shape index (κ2) is 33.5. The van der Waals surface area contributed by atoms with Crippen LogP contribution in [0.3, 0.4) is 0 Å². The van der Waals surface area contributed by atoms with Gasteiger partial charge in [-0.15, -0.1) is 0 Å². The zero-order valence-corrected chi connectivity index (χ0v) is 62.0. The number of aromatic nitrogens is 6. The van der Waals surface area contributed by atoms with Crippen LogP contribution >= 0.6 is 11.6 Å². The molecule has 12 aromatic carbocycles. The van der Waals surface area contributed by atoms with Gasteiger partial charge in [-0.3, -0.25) is 28.1 Å². The number of benzene rings is 12. The Hall–Kier alpha value is -13.8. The van der Waals surface area contributed by atoms with Crippen LogP contribution in [0.1, 0.15) is 116 Å². The molecule has 0 radical (unpaired) electrons. The minimum absolute atomic E-state index is 0.0918. The Morgan fingerprint density at radius 1 is 0.330 bits per heavy atom. The van der Waals surface area contributed by atoms with Crippen molar-refractivity contribution in [1.82, 2.24) is 28.7 Å². The van der Waals surface area contributed by atoms with Crippen molar-refractivity contribution in [1.29, 1.82) is 0 Å². The van der Waals surface area contributed by atoms with E-state index in [-0.39, 0.29) is 27.9 Å². The summed E-state index contributed by atoms with van der Waals surface area (Å²) in [5.41, 5.74) is 17.6. The molecule has 0 aliphatic carbocycles. The van der Waals surface area contributed by atoms with Gasteiger partial charge in [0, 0.05) is 38.4 Å². The maximum Gasteiger partial charge on any atom is 0.266 e. The van der Waals surface area contributed by atoms with Crippen LogP contribution < -0.4 is 16.7 Å². The highest BCUT2D eigenvalue weighted by Gasteiger charge is 2.18. The number of halogens is 2. The molecule has 0 bridgehead atoms. The van der Waals surface area contributed by atoms with Gasteiger partial charge in [0.2, 0.25) is 0 Å². The summed E-state index contributed by atoms with van der Waals surface area (Å²) in [6, 6.07) is 89.8. The monoisotopic (exact) mass is 1440 g/mol. The molecule has 0 aliphatic rings. The molecular formula is C98H74ClFN6O3.